The van der Waals surface area contributed by atoms with Gasteiger partial charge >= 0.3 is 6.09 Å². The number of rotatable bonds is 6. The molecule has 1 amide bonds. The van der Waals surface area contributed by atoms with Crippen molar-refractivity contribution >= 4 is 6.09 Å². The third-order valence-corrected chi connectivity index (χ3v) is 5.06. The monoisotopic (exact) mass is 411 g/mol. The van der Waals surface area contributed by atoms with Gasteiger partial charge in [0, 0.05) is 18.7 Å². The van der Waals surface area contributed by atoms with Gasteiger partial charge in [-0.1, -0.05) is 36.4 Å². The minimum atomic E-state index is -0.802. The van der Waals surface area contributed by atoms with E-state index >= 15 is 0 Å². The number of ether oxygens (including phenoxy) is 1. The number of aromatic nitrogens is 1. The molecule has 2 aromatic carbocycles. The number of carbonyl (C=O) groups is 1. The van der Waals surface area contributed by atoms with E-state index < -0.39 is 18.3 Å². The lowest BCUT2D eigenvalue weighted by molar-refractivity contribution is 0.0188. The van der Waals surface area contributed by atoms with E-state index in [1.807, 2.05) is 24.3 Å². The molecule has 1 aliphatic heterocycles. The number of nitrogens with zero attached hydrogens (tertiary/aromatic N) is 1. The Labute approximate surface area is 172 Å². The fraction of sp³-hybridized carbons (Fsp3) is 0.273. The van der Waals surface area contributed by atoms with Crippen molar-refractivity contribution in [3.8, 4) is 11.3 Å². The summed E-state index contributed by atoms with van der Waals surface area (Å²) in [5.41, 5.74) is 2.57. The van der Waals surface area contributed by atoms with Gasteiger partial charge in [-0.15, -0.1) is 0 Å². The number of nitrogens with one attached hydrogen (secondary N) is 2. The highest BCUT2D eigenvalue weighted by molar-refractivity contribution is 5.67. The van der Waals surface area contributed by atoms with Crippen LogP contribution >= 0.6 is 0 Å². The van der Waals surface area contributed by atoms with Crippen LogP contribution in [0.2, 0.25) is 0 Å². The van der Waals surface area contributed by atoms with Crippen LogP contribution in [0.3, 0.4) is 0 Å². The summed E-state index contributed by atoms with van der Waals surface area (Å²) in [6.07, 6.45) is 1.47. The lowest BCUT2D eigenvalue weighted by Crippen LogP contribution is -2.41. The van der Waals surface area contributed by atoms with Gasteiger partial charge in [0.1, 0.15) is 18.0 Å². The summed E-state index contributed by atoms with van der Waals surface area (Å²) in [6.45, 7) is 0.475. The molecule has 3 atom stereocenters. The number of hydrogen-bond acceptors (Lipinski definition) is 6. The molecule has 0 bridgehead atoms. The molecule has 30 heavy (non-hydrogen) atoms. The van der Waals surface area contributed by atoms with E-state index in [1.54, 1.807) is 18.3 Å². The summed E-state index contributed by atoms with van der Waals surface area (Å²) < 4.78 is 24.0. The third-order valence-electron chi connectivity index (χ3n) is 5.06. The van der Waals surface area contributed by atoms with E-state index in [-0.39, 0.29) is 18.4 Å². The topological polar surface area (TPSA) is 96.6 Å². The van der Waals surface area contributed by atoms with Crippen molar-refractivity contribution in [2.45, 2.75) is 31.2 Å². The Balaban J connectivity index is 1.33. The zero-order chi connectivity index (χ0) is 20.9. The number of carbonyl (C=O) groups excluding carboxylic acids is 1. The van der Waals surface area contributed by atoms with E-state index in [0.717, 1.165) is 11.1 Å². The Morgan fingerprint density at radius 2 is 2.10 bits per heavy atom. The molecule has 0 unspecified atom stereocenters. The summed E-state index contributed by atoms with van der Waals surface area (Å²) in [5, 5.41) is 16.0. The number of alkyl carbamates (subject to hydrolysis) is 1. The molecule has 7 nitrogen and oxygen atoms in total. The highest BCUT2D eigenvalue weighted by Crippen LogP contribution is 2.22. The fourth-order valence-corrected chi connectivity index (χ4v) is 3.53. The largest absolute Gasteiger partial charge is 0.444 e. The normalized spacial score (nSPS) is 20.8. The van der Waals surface area contributed by atoms with Crippen molar-refractivity contribution in [2.24, 2.45) is 0 Å². The first-order valence-corrected chi connectivity index (χ1v) is 9.66. The highest BCUT2D eigenvalue weighted by Gasteiger charge is 2.37. The molecule has 3 aromatic rings. The van der Waals surface area contributed by atoms with Crippen molar-refractivity contribution < 1.29 is 23.4 Å². The lowest BCUT2D eigenvalue weighted by Gasteiger charge is -2.22. The van der Waals surface area contributed by atoms with Crippen molar-refractivity contribution in [1.29, 1.82) is 0 Å². The quantitative estimate of drug-likeness (QED) is 0.577. The molecular formula is C22H22FN3O4. The molecule has 2 heterocycles. The van der Waals surface area contributed by atoms with Gasteiger partial charge in [-0.05, 0) is 29.7 Å². The lowest BCUT2D eigenvalue weighted by atomic mass is 10.00. The molecule has 0 saturated carbocycles. The molecule has 1 fully saturated rings. The minimum absolute atomic E-state index is 0.139. The summed E-state index contributed by atoms with van der Waals surface area (Å²) in [7, 11) is 0. The van der Waals surface area contributed by atoms with Crippen LogP contribution in [-0.4, -0.2) is 41.0 Å². The van der Waals surface area contributed by atoms with E-state index in [9.17, 15) is 14.3 Å². The highest BCUT2D eigenvalue weighted by atomic mass is 19.1. The SMILES string of the molecule is O=C(NCc1cccc(F)c1)O[C@@H]1[C@@H](O)CN[C@@H]1Cc1ccc(-c2cnco2)cc1. The number of β-amino-alcohol motifs (C(OH)–C–C–N with tert-alkyl or cyclic N) is 1. The number of hydrogen-bond donors (Lipinski definition) is 3. The first-order chi connectivity index (χ1) is 14.6. The zero-order valence-corrected chi connectivity index (χ0v) is 16.1. The van der Waals surface area contributed by atoms with Gasteiger partial charge in [0.15, 0.2) is 12.2 Å². The second-order valence-electron chi connectivity index (χ2n) is 7.20. The first-order valence-electron chi connectivity index (χ1n) is 9.66. The van der Waals surface area contributed by atoms with Gasteiger partial charge in [-0.2, -0.15) is 0 Å². The van der Waals surface area contributed by atoms with Gasteiger partial charge in [-0.3, -0.25) is 0 Å². The Hall–Kier alpha value is -3.23. The van der Waals surface area contributed by atoms with Gasteiger partial charge in [0.2, 0.25) is 0 Å². The number of amides is 1. The Kier molecular flexibility index (Phi) is 6.06. The number of aliphatic hydroxyl groups is 1. The molecule has 0 spiro atoms. The summed E-state index contributed by atoms with van der Waals surface area (Å²) in [4.78, 5) is 16.1. The van der Waals surface area contributed by atoms with Crippen molar-refractivity contribution in [3.63, 3.8) is 0 Å². The number of benzene rings is 2. The minimum Gasteiger partial charge on any atom is -0.444 e. The van der Waals surface area contributed by atoms with Crippen molar-refractivity contribution in [1.82, 2.24) is 15.6 Å². The van der Waals surface area contributed by atoms with E-state index in [2.05, 4.69) is 15.6 Å². The predicted molar refractivity (Wildman–Crippen MR) is 107 cm³/mol. The van der Waals surface area contributed by atoms with Crippen molar-refractivity contribution in [2.75, 3.05) is 6.54 Å². The van der Waals surface area contributed by atoms with E-state index in [4.69, 9.17) is 9.15 Å². The van der Waals surface area contributed by atoms with Gasteiger partial charge in [0.25, 0.3) is 0 Å². The van der Waals surface area contributed by atoms with Crippen LogP contribution in [0.5, 0.6) is 0 Å². The molecule has 3 N–H and O–H groups in total. The molecule has 1 aliphatic rings. The fourth-order valence-electron chi connectivity index (χ4n) is 3.53. The standard InChI is InChI=1S/C22H22FN3O4/c23-17-3-1-2-15(8-17)10-26-22(28)30-21-18(25-11-19(21)27)9-14-4-6-16(7-5-14)20-12-24-13-29-20/h1-8,12-13,18-19,21,25,27H,9-11H2,(H,26,28)/t18-,19+,21+/m1/s1. The smallest absolute Gasteiger partial charge is 0.407 e. The zero-order valence-electron chi connectivity index (χ0n) is 16.1. The molecule has 4 rings (SSSR count). The molecule has 1 aromatic heterocycles. The second kappa shape index (κ2) is 9.06. The van der Waals surface area contributed by atoms with Crippen LogP contribution in [0, 0.1) is 5.82 Å². The average molecular weight is 411 g/mol. The summed E-state index contributed by atoms with van der Waals surface area (Å²) >= 11 is 0. The van der Waals surface area contributed by atoms with Gasteiger partial charge in [0.05, 0.1) is 12.2 Å². The number of halogens is 1. The first kappa shape index (κ1) is 20.1. The van der Waals surface area contributed by atoms with Crippen LogP contribution in [0.1, 0.15) is 11.1 Å². The third kappa shape index (κ3) is 4.84. The van der Waals surface area contributed by atoms with Crippen LogP contribution < -0.4 is 10.6 Å². The number of aliphatic hydroxyl groups excluding tert-OH is 1. The molecule has 0 radical (unpaired) electrons. The second-order valence-corrected chi connectivity index (χ2v) is 7.20. The van der Waals surface area contributed by atoms with E-state index in [1.165, 1.54) is 18.5 Å². The Morgan fingerprint density at radius 1 is 1.27 bits per heavy atom. The van der Waals surface area contributed by atoms with Crippen LogP contribution in [0.4, 0.5) is 9.18 Å². The Bertz CT molecular complexity index is 978. The maximum atomic E-state index is 13.2. The molecule has 1 saturated heterocycles. The molecular weight excluding hydrogens is 389 g/mol. The maximum absolute atomic E-state index is 13.2. The molecule has 156 valence electrons. The van der Waals surface area contributed by atoms with Crippen molar-refractivity contribution in [3.05, 3.63) is 78.1 Å². The van der Waals surface area contributed by atoms with E-state index in [0.29, 0.717) is 24.3 Å². The molecule has 0 aliphatic carbocycles. The Morgan fingerprint density at radius 3 is 2.83 bits per heavy atom. The van der Waals surface area contributed by atoms with Crippen LogP contribution in [0.15, 0.2) is 65.5 Å². The molecule has 8 heteroatoms. The van der Waals surface area contributed by atoms with Crippen LogP contribution in [-0.2, 0) is 17.7 Å². The number of oxazole rings is 1. The van der Waals surface area contributed by atoms with Crippen LogP contribution in [0.25, 0.3) is 11.3 Å². The van der Waals surface area contributed by atoms with Gasteiger partial charge in [-0.25, -0.2) is 14.2 Å². The average Bonchev–Trinajstić information content (AvgIpc) is 3.39. The summed E-state index contributed by atoms with van der Waals surface area (Å²) in [6, 6.07) is 13.5. The maximum Gasteiger partial charge on any atom is 0.407 e. The summed E-state index contributed by atoms with van der Waals surface area (Å²) in [5.74, 6) is 0.319. The predicted octanol–water partition coefficient (Wildman–Crippen LogP) is 2.65. The van der Waals surface area contributed by atoms with Gasteiger partial charge < -0.3 is 24.9 Å².